The predicted molar refractivity (Wildman–Crippen MR) is 115 cm³/mol. The van der Waals surface area contributed by atoms with Crippen molar-refractivity contribution in [3.63, 3.8) is 0 Å². The molecule has 29 heavy (non-hydrogen) atoms. The molecule has 0 atom stereocenters. The molecule has 0 heterocycles. The zero-order valence-electron chi connectivity index (χ0n) is 19.6. The van der Waals surface area contributed by atoms with Crippen LogP contribution in [0.5, 0.6) is 0 Å². The van der Waals surface area contributed by atoms with Gasteiger partial charge in [0, 0.05) is 0 Å². The number of unbranched alkanes of at least 4 members (excludes halogenated alkanes) is 15. The van der Waals surface area contributed by atoms with Gasteiger partial charge in [-0.1, -0.05) is 117 Å². The first kappa shape index (κ1) is 37.1. The van der Waals surface area contributed by atoms with Crippen molar-refractivity contribution < 1.29 is 66.0 Å². The summed E-state index contributed by atoms with van der Waals surface area (Å²) in [7, 11) is -9.33. The van der Waals surface area contributed by atoms with E-state index in [1.807, 2.05) is 0 Å². The molecule has 0 aromatic rings. The average Bonchev–Trinajstić information content (AvgIpc) is 2.52. The van der Waals surface area contributed by atoms with E-state index in [2.05, 4.69) is 13.8 Å². The third-order valence-electron chi connectivity index (χ3n) is 3.96. The minimum atomic E-state index is -4.67. The zero-order chi connectivity index (χ0) is 22.3. The van der Waals surface area contributed by atoms with Crippen LogP contribution < -0.4 is 29.6 Å². The molecule has 0 aliphatic rings. The largest absolute Gasteiger partial charge is 1.00 e. The summed E-state index contributed by atoms with van der Waals surface area (Å²) in [6.07, 6.45) is 23.4. The van der Waals surface area contributed by atoms with Gasteiger partial charge in [-0.15, -0.1) is 0 Å². The van der Waals surface area contributed by atoms with Crippen LogP contribution in [-0.2, 0) is 20.8 Å². The van der Waals surface area contributed by atoms with E-state index in [1.165, 1.54) is 103 Å². The smallest absolute Gasteiger partial charge is 1.00 e. The second-order valence-electron chi connectivity index (χ2n) is 6.85. The van der Waals surface area contributed by atoms with Gasteiger partial charge >= 0.3 is 50.4 Å². The molecule has 176 valence electrons. The Morgan fingerprint density at radius 2 is 0.552 bits per heavy atom. The molecule has 0 spiro atoms. The molecule has 0 radical (unpaired) electrons. The van der Waals surface area contributed by atoms with Crippen molar-refractivity contribution in [3.8, 4) is 0 Å². The summed E-state index contributed by atoms with van der Waals surface area (Å²) in [5.41, 5.74) is 0. The minimum Gasteiger partial charge on any atom is -1.00 e. The molecule has 0 unspecified atom stereocenters. The molecule has 0 saturated carbocycles. The molecule has 0 amide bonds. The topological polar surface area (TPSA) is 149 Å². The maximum atomic E-state index is 8.74. The van der Waals surface area contributed by atoms with Crippen LogP contribution in [0.15, 0.2) is 0 Å². The van der Waals surface area contributed by atoms with Gasteiger partial charge in [-0.2, -0.15) is 16.8 Å². The van der Waals surface area contributed by atoms with Crippen molar-refractivity contribution in [2.45, 2.75) is 117 Å². The Hall–Kier alpha value is 0.740. The molecule has 4 N–H and O–H groups in total. The van der Waals surface area contributed by atoms with Gasteiger partial charge in [-0.3, -0.25) is 18.2 Å². The Morgan fingerprint density at radius 1 is 0.448 bits per heavy atom. The molecule has 8 nitrogen and oxygen atoms in total. The van der Waals surface area contributed by atoms with Gasteiger partial charge in [-0.05, 0) is 0 Å². The van der Waals surface area contributed by atoms with E-state index in [0.717, 1.165) is 0 Å². The van der Waals surface area contributed by atoms with Crippen LogP contribution in [0.25, 0.3) is 0 Å². The van der Waals surface area contributed by atoms with E-state index in [1.54, 1.807) is 0 Å². The van der Waals surface area contributed by atoms with Crippen LogP contribution >= 0.6 is 0 Å². The van der Waals surface area contributed by atoms with Crippen LogP contribution in [0.3, 0.4) is 0 Å². The summed E-state index contributed by atoms with van der Waals surface area (Å²) < 4.78 is 63.2. The van der Waals surface area contributed by atoms with Gasteiger partial charge in [0.05, 0.1) is 0 Å². The molecule has 0 rings (SSSR count). The van der Waals surface area contributed by atoms with Crippen molar-refractivity contribution in [2.24, 2.45) is 0 Å². The van der Waals surface area contributed by atoms with Crippen LogP contribution in [-0.4, -0.2) is 35.0 Å². The first-order valence-electron chi connectivity index (χ1n) is 10.3. The quantitative estimate of drug-likeness (QED) is 0.161. The Morgan fingerprint density at radius 3 is 0.655 bits per heavy atom. The van der Waals surface area contributed by atoms with Crippen molar-refractivity contribution in [1.82, 2.24) is 0 Å². The summed E-state index contributed by atoms with van der Waals surface area (Å²) in [4.78, 5) is 0. The SMILES string of the molecule is CCCCCCCCCCCCCCCCCC.O=S(=O)(O)O.O=S(=O)(O)O.[H-].[Na+]. The van der Waals surface area contributed by atoms with E-state index in [9.17, 15) is 0 Å². The summed E-state index contributed by atoms with van der Waals surface area (Å²) >= 11 is 0. The van der Waals surface area contributed by atoms with Gasteiger partial charge in [0.1, 0.15) is 0 Å². The molecule has 0 bridgehead atoms. The molecule has 0 saturated heterocycles. The first-order valence-corrected chi connectivity index (χ1v) is 13.1. The van der Waals surface area contributed by atoms with E-state index < -0.39 is 20.8 Å². The second-order valence-corrected chi connectivity index (χ2v) is 8.64. The Balaban J connectivity index is -0.000000145. The third kappa shape index (κ3) is 82.9. The summed E-state index contributed by atoms with van der Waals surface area (Å²) in [6.45, 7) is 4.59. The maximum Gasteiger partial charge on any atom is 1.00 e. The summed E-state index contributed by atoms with van der Waals surface area (Å²) in [6, 6.07) is 0. The second kappa shape index (κ2) is 26.8. The van der Waals surface area contributed by atoms with E-state index in [0.29, 0.717) is 0 Å². The molecule has 0 fully saturated rings. The van der Waals surface area contributed by atoms with Gasteiger partial charge in [0.2, 0.25) is 0 Å². The normalized spacial score (nSPS) is 10.8. The van der Waals surface area contributed by atoms with Crippen molar-refractivity contribution in [3.05, 3.63) is 0 Å². The Kier molecular flexibility index (Phi) is 34.2. The predicted octanol–water partition coefficient (Wildman–Crippen LogP) is 3.08. The van der Waals surface area contributed by atoms with Gasteiger partial charge in [0.15, 0.2) is 0 Å². The minimum absolute atomic E-state index is 0. The van der Waals surface area contributed by atoms with E-state index >= 15 is 0 Å². The fourth-order valence-corrected chi connectivity index (χ4v) is 2.62. The number of rotatable bonds is 15. The van der Waals surface area contributed by atoms with Crippen LogP contribution in [0.2, 0.25) is 0 Å². The monoisotopic (exact) mass is 474 g/mol. The molecule has 0 aromatic heterocycles. The van der Waals surface area contributed by atoms with E-state index in [-0.39, 0.29) is 31.0 Å². The molecular weight excluding hydrogens is 431 g/mol. The fraction of sp³-hybridized carbons (Fsp3) is 1.00. The zero-order valence-corrected chi connectivity index (χ0v) is 22.2. The Labute approximate surface area is 202 Å². The van der Waals surface area contributed by atoms with Crippen LogP contribution in [0, 0.1) is 0 Å². The standard InChI is InChI=1S/C18H38.Na.2H2O4S.H/c1-3-5-7-9-11-13-15-17-18-16-14-12-10-8-6-4-2;;2*1-5(2,3)4;/h3-18H2,1-2H3;;2*(H2,1,2,3,4);/q;+1;;;-1. The summed E-state index contributed by atoms with van der Waals surface area (Å²) in [5.74, 6) is 0. The van der Waals surface area contributed by atoms with Crippen LogP contribution in [0.4, 0.5) is 0 Å². The Bertz CT molecular complexity index is 440. The molecular formula is C18H43NaO8S2. The fourth-order valence-electron chi connectivity index (χ4n) is 2.62. The third-order valence-corrected chi connectivity index (χ3v) is 3.96. The average molecular weight is 475 g/mol. The number of hydrogen-bond acceptors (Lipinski definition) is 4. The van der Waals surface area contributed by atoms with Gasteiger partial charge < -0.3 is 1.43 Å². The van der Waals surface area contributed by atoms with Gasteiger partial charge in [-0.25, -0.2) is 0 Å². The van der Waals surface area contributed by atoms with Crippen molar-refractivity contribution in [2.75, 3.05) is 0 Å². The van der Waals surface area contributed by atoms with Crippen molar-refractivity contribution >= 4 is 20.8 Å². The van der Waals surface area contributed by atoms with Gasteiger partial charge in [0.25, 0.3) is 0 Å². The molecule has 11 heteroatoms. The molecule has 0 aliphatic carbocycles. The summed E-state index contributed by atoms with van der Waals surface area (Å²) in [5, 5.41) is 0. The van der Waals surface area contributed by atoms with E-state index in [4.69, 9.17) is 35.0 Å². The first-order chi connectivity index (χ1) is 12.9. The number of hydrogen-bond donors (Lipinski definition) is 4. The molecule has 0 aliphatic heterocycles. The van der Waals surface area contributed by atoms with Crippen LogP contribution in [0.1, 0.15) is 118 Å². The maximum absolute atomic E-state index is 8.74. The molecule has 0 aromatic carbocycles. The van der Waals surface area contributed by atoms with Crippen molar-refractivity contribution in [1.29, 1.82) is 0 Å².